The molecule has 0 amide bonds. The minimum atomic E-state index is -0.158. The van der Waals surface area contributed by atoms with Crippen LogP contribution in [0.1, 0.15) is 34.9 Å². The van der Waals surface area contributed by atoms with Gasteiger partial charge in [-0.1, -0.05) is 22.0 Å². The molecule has 0 saturated heterocycles. The van der Waals surface area contributed by atoms with Crippen LogP contribution < -0.4 is 5.73 Å². The smallest absolute Gasteiger partial charge is 0.180 e. The van der Waals surface area contributed by atoms with Gasteiger partial charge in [-0.15, -0.1) is 11.3 Å². The summed E-state index contributed by atoms with van der Waals surface area (Å²) in [5, 5.41) is 0.583. The van der Waals surface area contributed by atoms with Crippen LogP contribution in [0.2, 0.25) is 0 Å². The first-order chi connectivity index (χ1) is 8.66. The zero-order chi connectivity index (χ0) is 12.7. The largest absolute Gasteiger partial charge is 0.375 e. The fourth-order valence-electron chi connectivity index (χ4n) is 2.56. The predicted octanol–water partition coefficient (Wildman–Crippen LogP) is 4.10. The Labute approximate surface area is 117 Å². The van der Waals surface area contributed by atoms with Crippen LogP contribution in [0.4, 0.5) is 9.52 Å². The lowest BCUT2D eigenvalue weighted by Gasteiger charge is -2.23. The molecular formula is C13H12BrFN2S. The van der Waals surface area contributed by atoms with Crippen molar-refractivity contribution >= 4 is 32.4 Å². The molecule has 18 heavy (non-hydrogen) atoms. The number of nitrogens with zero attached hydrogens (tertiary/aromatic N) is 1. The van der Waals surface area contributed by atoms with Crippen LogP contribution in [-0.4, -0.2) is 4.98 Å². The maximum absolute atomic E-state index is 14.1. The Hall–Kier alpha value is -0.940. The van der Waals surface area contributed by atoms with Crippen molar-refractivity contribution in [3.63, 3.8) is 0 Å². The van der Waals surface area contributed by atoms with Crippen molar-refractivity contribution in [2.24, 2.45) is 0 Å². The average Bonchev–Trinajstić information content (AvgIpc) is 2.70. The van der Waals surface area contributed by atoms with E-state index in [0.717, 1.165) is 39.9 Å². The summed E-state index contributed by atoms with van der Waals surface area (Å²) in [6.07, 6.45) is 2.93. The molecular weight excluding hydrogens is 315 g/mol. The summed E-state index contributed by atoms with van der Waals surface area (Å²) >= 11 is 4.94. The molecule has 2 nitrogen and oxygen atoms in total. The number of halogens is 2. The molecule has 1 aromatic carbocycles. The summed E-state index contributed by atoms with van der Waals surface area (Å²) in [7, 11) is 0. The number of aromatic nitrogens is 1. The van der Waals surface area contributed by atoms with Crippen molar-refractivity contribution in [2.45, 2.75) is 25.2 Å². The summed E-state index contributed by atoms with van der Waals surface area (Å²) in [5.41, 5.74) is 7.56. The topological polar surface area (TPSA) is 38.9 Å². The molecule has 1 heterocycles. The third kappa shape index (κ3) is 1.95. The number of anilines is 1. The molecule has 1 aliphatic rings. The van der Waals surface area contributed by atoms with E-state index in [4.69, 9.17) is 5.73 Å². The van der Waals surface area contributed by atoms with E-state index in [-0.39, 0.29) is 11.7 Å². The summed E-state index contributed by atoms with van der Waals surface area (Å²) < 4.78 is 14.9. The van der Waals surface area contributed by atoms with Crippen molar-refractivity contribution in [1.82, 2.24) is 4.98 Å². The first kappa shape index (κ1) is 12.1. The maximum Gasteiger partial charge on any atom is 0.180 e. The van der Waals surface area contributed by atoms with Gasteiger partial charge in [-0.25, -0.2) is 9.37 Å². The van der Waals surface area contributed by atoms with E-state index >= 15 is 0 Å². The van der Waals surface area contributed by atoms with Crippen LogP contribution in [0.3, 0.4) is 0 Å². The number of aryl methyl sites for hydroxylation is 1. The molecule has 94 valence electrons. The van der Waals surface area contributed by atoms with Crippen LogP contribution in [0.15, 0.2) is 22.7 Å². The predicted molar refractivity (Wildman–Crippen MR) is 75.4 cm³/mol. The monoisotopic (exact) mass is 326 g/mol. The fourth-order valence-corrected chi connectivity index (χ4v) is 4.20. The van der Waals surface area contributed by atoms with Crippen molar-refractivity contribution < 1.29 is 4.39 Å². The Morgan fingerprint density at radius 2 is 2.28 bits per heavy atom. The highest BCUT2D eigenvalue weighted by Gasteiger charge is 2.28. The number of nitrogen functional groups attached to an aromatic ring is 1. The van der Waals surface area contributed by atoms with Gasteiger partial charge in [0, 0.05) is 20.8 Å². The highest BCUT2D eigenvalue weighted by atomic mass is 79.9. The quantitative estimate of drug-likeness (QED) is 0.857. The average molecular weight is 327 g/mol. The molecule has 0 fully saturated rings. The van der Waals surface area contributed by atoms with Crippen molar-refractivity contribution in [3.05, 3.63) is 44.6 Å². The standard InChI is InChI=1S/C13H12BrFN2S/c14-8-4-2-5-9(15)11(8)7-3-1-6-10-12(7)18-13(16)17-10/h2,4-5,7H,1,3,6H2,(H2,16,17). The molecule has 0 saturated carbocycles. The van der Waals surface area contributed by atoms with Gasteiger partial charge in [-0.2, -0.15) is 0 Å². The van der Waals surface area contributed by atoms with Gasteiger partial charge >= 0.3 is 0 Å². The van der Waals surface area contributed by atoms with Gasteiger partial charge in [0.1, 0.15) is 5.82 Å². The SMILES string of the molecule is Nc1nc2c(s1)C(c1c(F)cccc1Br)CCC2. The molecule has 0 radical (unpaired) electrons. The second-order valence-electron chi connectivity index (χ2n) is 4.44. The van der Waals surface area contributed by atoms with E-state index in [1.807, 2.05) is 6.07 Å². The lowest BCUT2D eigenvalue weighted by atomic mass is 9.86. The third-order valence-electron chi connectivity index (χ3n) is 3.32. The second kappa shape index (κ2) is 4.63. The van der Waals surface area contributed by atoms with Gasteiger partial charge in [0.2, 0.25) is 0 Å². The van der Waals surface area contributed by atoms with E-state index in [9.17, 15) is 4.39 Å². The fraction of sp³-hybridized carbons (Fsp3) is 0.308. The Kier molecular flexibility index (Phi) is 3.11. The molecule has 1 aromatic heterocycles. The van der Waals surface area contributed by atoms with E-state index in [1.54, 1.807) is 6.07 Å². The van der Waals surface area contributed by atoms with Gasteiger partial charge in [0.25, 0.3) is 0 Å². The zero-order valence-electron chi connectivity index (χ0n) is 9.62. The normalized spacial score (nSPS) is 18.7. The number of hydrogen-bond donors (Lipinski definition) is 1. The highest BCUT2D eigenvalue weighted by Crippen LogP contribution is 2.43. The molecule has 1 aliphatic carbocycles. The van der Waals surface area contributed by atoms with Gasteiger partial charge in [-0.3, -0.25) is 0 Å². The van der Waals surface area contributed by atoms with Gasteiger partial charge in [-0.05, 0) is 31.4 Å². The number of hydrogen-bond acceptors (Lipinski definition) is 3. The van der Waals surface area contributed by atoms with Crippen LogP contribution in [0.25, 0.3) is 0 Å². The minimum absolute atomic E-state index is 0.0825. The van der Waals surface area contributed by atoms with Crippen molar-refractivity contribution in [2.75, 3.05) is 5.73 Å². The minimum Gasteiger partial charge on any atom is -0.375 e. The number of rotatable bonds is 1. The lowest BCUT2D eigenvalue weighted by molar-refractivity contribution is 0.558. The van der Waals surface area contributed by atoms with Crippen LogP contribution in [0, 0.1) is 5.82 Å². The second-order valence-corrected chi connectivity index (χ2v) is 6.36. The van der Waals surface area contributed by atoms with E-state index in [0.29, 0.717) is 5.13 Å². The maximum atomic E-state index is 14.1. The molecule has 0 bridgehead atoms. The van der Waals surface area contributed by atoms with Crippen LogP contribution in [0.5, 0.6) is 0 Å². The molecule has 0 spiro atoms. The molecule has 2 aromatic rings. The number of nitrogens with two attached hydrogens (primary N) is 1. The summed E-state index contributed by atoms with van der Waals surface area (Å²) in [5.74, 6) is -0.0756. The summed E-state index contributed by atoms with van der Waals surface area (Å²) in [4.78, 5) is 5.47. The number of benzene rings is 1. The first-order valence-electron chi connectivity index (χ1n) is 5.86. The molecule has 2 N–H and O–H groups in total. The van der Waals surface area contributed by atoms with E-state index in [1.165, 1.54) is 17.4 Å². The Bertz CT molecular complexity index is 576. The number of thiazole rings is 1. The first-order valence-corrected chi connectivity index (χ1v) is 7.46. The van der Waals surface area contributed by atoms with Crippen LogP contribution in [-0.2, 0) is 6.42 Å². The highest BCUT2D eigenvalue weighted by molar-refractivity contribution is 9.10. The number of fused-ring (bicyclic) bond motifs is 1. The van der Waals surface area contributed by atoms with E-state index < -0.39 is 0 Å². The zero-order valence-corrected chi connectivity index (χ0v) is 12.0. The third-order valence-corrected chi connectivity index (χ3v) is 5.05. The van der Waals surface area contributed by atoms with Crippen molar-refractivity contribution in [1.29, 1.82) is 0 Å². The van der Waals surface area contributed by atoms with Crippen molar-refractivity contribution in [3.8, 4) is 0 Å². The molecule has 3 rings (SSSR count). The molecule has 1 unspecified atom stereocenters. The molecule has 0 aliphatic heterocycles. The van der Waals surface area contributed by atoms with Gasteiger partial charge < -0.3 is 5.73 Å². The Morgan fingerprint density at radius 1 is 1.44 bits per heavy atom. The molecule has 1 atom stereocenters. The Morgan fingerprint density at radius 3 is 3.06 bits per heavy atom. The van der Waals surface area contributed by atoms with E-state index in [2.05, 4.69) is 20.9 Å². The lowest BCUT2D eigenvalue weighted by Crippen LogP contribution is -2.11. The molecule has 5 heteroatoms. The summed E-state index contributed by atoms with van der Waals surface area (Å²) in [6.45, 7) is 0. The van der Waals surface area contributed by atoms with Crippen LogP contribution >= 0.6 is 27.3 Å². The Balaban J connectivity index is 2.14. The van der Waals surface area contributed by atoms with Gasteiger partial charge in [0.15, 0.2) is 5.13 Å². The summed E-state index contributed by atoms with van der Waals surface area (Å²) in [6, 6.07) is 5.11. The van der Waals surface area contributed by atoms with Gasteiger partial charge in [0.05, 0.1) is 5.69 Å².